The molecule has 0 bridgehead atoms. The number of hydroxylamine groups is 2. The number of nitrogens with zero attached hydrogens (tertiary/aromatic N) is 3. The molecular formula is C27H31Cl2N5O4. The number of nitrogens with one attached hydrogen (secondary N) is 2. The number of amides is 3. The summed E-state index contributed by atoms with van der Waals surface area (Å²) in [6.45, 7) is 4.03. The quantitative estimate of drug-likeness (QED) is 0.575. The van der Waals surface area contributed by atoms with Crippen LogP contribution in [0.2, 0.25) is 10.0 Å². The van der Waals surface area contributed by atoms with Crippen molar-refractivity contribution in [3.63, 3.8) is 0 Å². The molecule has 0 saturated carbocycles. The Morgan fingerprint density at radius 3 is 2.55 bits per heavy atom. The Balaban J connectivity index is 1.41. The van der Waals surface area contributed by atoms with Crippen molar-refractivity contribution in [2.24, 2.45) is 0 Å². The maximum absolute atomic E-state index is 13.9. The summed E-state index contributed by atoms with van der Waals surface area (Å²) >= 11 is 12.6. The zero-order valence-corrected chi connectivity index (χ0v) is 22.7. The van der Waals surface area contributed by atoms with Crippen LogP contribution in [0.1, 0.15) is 37.3 Å². The summed E-state index contributed by atoms with van der Waals surface area (Å²) in [4.78, 5) is 47.9. The van der Waals surface area contributed by atoms with Crippen LogP contribution in [0.5, 0.6) is 0 Å². The normalized spacial score (nSPS) is 24.0. The molecule has 2 N–H and O–H groups in total. The van der Waals surface area contributed by atoms with Gasteiger partial charge in [-0.25, -0.2) is 4.79 Å². The largest absolute Gasteiger partial charge is 0.427 e. The molecule has 0 aliphatic carbocycles. The minimum atomic E-state index is -1.07. The second-order valence-corrected chi connectivity index (χ2v) is 10.8. The second kappa shape index (κ2) is 11.1. The molecule has 11 heteroatoms. The summed E-state index contributed by atoms with van der Waals surface area (Å²) in [5, 5.41) is 8.75. The molecule has 2 atom stereocenters. The minimum absolute atomic E-state index is 0.00774. The van der Waals surface area contributed by atoms with Crippen molar-refractivity contribution < 1.29 is 19.2 Å². The van der Waals surface area contributed by atoms with Crippen LogP contribution in [0.25, 0.3) is 0 Å². The number of piperidine rings is 1. The van der Waals surface area contributed by atoms with E-state index in [9.17, 15) is 14.4 Å². The van der Waals surface area contributed by atoms with Crippen LogP contribution in [-0.4, -0.2) is 71.7 Å². The highest BCUT2D eigenvalue weighted by molar-refractivity contribution is 6.31. The fraction of sp³-hybridized carbons (Fsp3) is 0.444. The van der Waals surface area contributed by atoms with Gasteiger partial charge >= 0.3 is 6.09 Å². The molecule has 0 aromatic heterocycles. The van der Waals surface area contributed by atoms with Gasteiger partial charge in [-0.05, 0) is 49.1 Å². The average molecular weight is 560 g/mol. The predicted molar refractivity (Wildman–Crippen MR) is 145 cm³/mol. The van der Waals surface area contributed by atoms with Crippen LogP contribution < -0.4 is 10.6 Å². The first kappa shape index (κ1) is 26.7. The molecule has 2 aromatic rings. The van der Waals surface area contributed by atoms with Crippen molar-refractivity contribution in [1.82, 2.24) is 20.2 Å². The van der Waals surface area contributed by atoms with Crippen LogP contribution >= 0.6 is 23.2 Å². The molecule has 3 aliphatic heterocycles. The van der Waals surface area contributed by atoms with Gasteiger partial charge in [0, 0.05) is 54.3 Å². The molecule has 38 heavy (non-hydrogen) atoms. The fourth-order valence-electron chi connectivity index (χ4n) is 5.75. The first-order valence-electron chi connectivity index (χ1n) is 12.9. The lowest BCUT2D eigenvalue weighted by Crippen LogP contribution is -2.63. The van der Waals surface area contributed by atoms with E-state index in [1.165, 1.54) is 6.92 Å². The number of halogens is 2. The number of carbonyl (C=O) groups excluding carboxylic acids is 3. The van der Waals surface area contributed by atoms with E-state index in [2.05, 4.69) is 15.5 Å². The van der Waals surface area contributed by atoms with Crippen LogP contribution in [-0.2, 0) is 26.4 Å². The van der Waals surface area contributed by atoms with E-state index in [0.717, 1.165) is 24.0 Å². The Labute approximate surface area is 231 Å². The van der Waals surface area contributed by atoms with Gasteiger partial charge in [0.1, 0.15) is 5.54 Å². The summed E-state index contributed by atoms with van der Waals surface area (Å²) in [5.74, 6) is -0.162. The van der Waals surface area contributed by atoms with E-state index >= 15 is 0 Å². The number of rotatable bonds is 5. The fourth-order valence-corrected chi connectivity index (χ4v) is 6.13. The number of likely N-dealkylation sites (tertiary alicyclic amines) is 1. The first-order valence-corrected chi connectivity index (χ1v) is 13.6. The zero-order chi connectivity index (χ0) is 26.9. The van der Waals surface area contributed by atoms with Crippen LogP contribution in [0.3, 0.4) is 0 Å². The van der Waals surface area contributed by atoms with Crippen molar-refractivity contribution in [2.75, 3.05) is 38.0 Å². The summed E-state index contributed by atoms with van der Waals surface area (Å²) in [6.07, 6.45) is 1.82. The highest BCUT2D eigenvalue weighted by Crippen LogP contribution is 2.46. The molecular weight excluding hydrogens is 529 g/mol. The maximum Gasteiger partial charge on any atom is 0.427 e. The van der Waals surface area contributed by atoms with E-state index in [4.69, 9.17) is 28.0 Å². The number of carbonyl (C=O) groups is 3. The Morgan fingerprint density at radius 2 is 1.82 bits per heavy atom. The Hall–Kier alpha value is -2.85. The smallest absolute Gasteiger partial charge is 0.351 e. The number of anilines is 1. The molecule has 3 aliphatic rings. The van der Waals surface area contributed by atoms with E-state index in [0.29, 0.717) is 61.3 Å². The molecule has 2 aromatic carbocycles. The Bertz CT molecular complexity index is 1240. The average Bonchev–Trinajstić information content (AvgIpc) is 3.15. The molecule has 5 rings (SSSR count). The Morgan fingerprint density at radius 1 is 1.05 bits per heavy atom. The SMILES string of the molecule is CC(=O)N1CCN(OC(=O)NC2CCCCN2[C@]2(Cc3cccc(Cl)c3)C(=O)Nc3cc(Cl)ccc32)CC1. The van der Waals surface area contributed by atoms with Gasteiger partial charge in [0.15, 0.2) is 0 Å². The van der Waals surface area contributed by atoms with Crippen LogP contribution in [0.15, 0.2) is 42.5 Å². The maximum atomic E-state index is 13.9. The van der Waals surface area contributed by atoms with Gasteiger partial charge in [-0.3, -0.25) is 14.5 Å². The van der Waals surface area contributed by atoms with E-state index in [1.54, 1.807) is 28.2 Å². The molecule has 2 fully saturated rings. The van der Waals surface area contributed by atoms with Crippen molar-refractivity contribution in [3.05, 3.63) is 63.6 Å². The van der Waals surface area contributed by atoms with Crippen molar-refractivity contribution in [2.45, 2.75) is 44.3 Å². The lowest BCUT2D eigenvalue weighted by molar-refractivity contribution is -0.147. The van der Waals surface area contributed by atoms with E-state index < -0.39 is 17.8 Å². The van der Waals surface area contributed by atoms with E-state index in [1.807, 2.05) is 24.3 Å². The third-order valence-corrected chi connectivity index (χ3v) is 8.04. The standard InChI is InChI=1S/C27H31Cl2N5O4/c1-18(35)32-11-13-33(14-12-32)38-26(37)31-24-7-2-3-10-34(24)27(17-19-5-4-6-20(28)15-19)22-9-8-21(29)16-23(22)30-25(27)36/h4-6,8-9,15-16,24H,2-3,7,10-14,17H2,1H3,(H,30,36)(H,31,37)/t24?,27-/m0/s1. The van der Waals surface area contributed by atoms with Gasteiger partial charge in [-0.1, -0.05) is 41.4 Å². The topological polar surface area (TPSA) is 94.2 Å². The molecule has 0 radical (unpaired) electrons. The van der Waals surface area contributed by atoms with Crippen molar-refractivity contribution in [1.29, 1.82) is 0 Å². The van der Waals surface area contributed by atoms with Gasteiger partial charge in [-0.15, -0.1) is 5.06 Å². The summed E-state index contributed by atoms with van der Waals surface area (Å²) in [6, 6.07) is 12.9. The van der Waals surface area contributed by atoms with Crippen molar-refractivity contribution >= 4 is 46.8 Å². The zero-order valence-electron chi connectivity index (χ0n) is 21.2. The number of piperazine rings is 1. The highest BCUT2D eigenvalue weighted by atomic mass is 35.5. The van der Waals surface area contributed by atoms with Gasteiger partial charge in [-0.2, -0.15) is 0 Å². The predicted octanol–water partition coefficient (Wildman–Crippen LogP) is 4.00. The Kier molecular flexibility index (Phi) is 7.81. The lowest BCUT2D eigenvalue weighted by Gasteiger charge is -2.47. The van der Waals surface area contributed by atoms with Gasteiger partial charge < -0.3 is 20.4 Å². The summed E-state index contributed by atoms with van der Waals surface area (Å²) < 4.78 is 0. The minimum Gasteiger partial charge on any atom is -0.351 e. The molecule has 202 valence electrons. The van der Waals surface area contributed by atoms with Crippen LogP contribution in [0.4, 0.5) is 10.5 Å². The summed E-state index contributed by atoms with van der Waals surface area (Å²) in [5.41, 5.74) is 1.32. The molecule has 2 saturated heterocycles. The molecule has 9 nitrogen and oxygen atoms in total. The molecule has 1 unspecified atom stereocenters. The third-order valence-electron chi connectivity index (χ3n) is 7.57. The van der Waals surface area contributed by atoms with Gasteiger partial charge in [0.2, 0.25) is 11.8 Å². The highest BCUT2D eigenvalue weighted by Gasteiger charge is 2.54. The molecule has 0 spiro atoms. The number of fused-ring (bicyclic) bond motifs is 1. The number of benzene rings is 2. The first-order chi connectivity index (χ1) is 18.3. The van der Waals surface area contributed by atoms with Gasteiger partial charge in [0.25, 0.3) is 0 Å². The van der Waals surface area contributed by atoms with Crippen molar-refractivity contribution in [3.8, 4) is 0 Å². The monoisotopic (exact) mass is 559 g/mol. The lowest BCUT2D eigenvalue weighted by atomic mass is 9.81. The van der Waals surface area contributed by atoms with E-state index in [-0.39, 0.29) is 11.8 Å². The molecule has 3 heterocycles. The second-order valence-electron chi connectivity index (χ2n) is 9.97. The van der Waals surface area contributed by atoms with Gasteiger partial charge in [0.05, 0.1) is 19.3 Å². The number of hydrogen-bond acceptors (Lipinski definition) is 6. The molecule has 3 amide bonds. The third kappa shape index (κ3) is 5.33. The summed E-state index contributed by atoms with van der Waals surface area (Å²) in [7, 11) is 0. The van der Waals surface area contributed by atoms with Crippen LogP contribution in [0, 0.1) is 0 Å². The number of hydrogen-bond donors (Lipinski definition) is 2.